The lowest BCUT2D eigenvalue weighted by molar-refractivity contribution is 0.418. The lowest BCUT2D eigenvalue weighted by atomic mass is 9.89. The summed E-state index contributed by atoms with van der Waals surface area (Å²) in [4.78, 5) is 4.67. The van der Waals surface area contributed by atoms with Crippen LogP contribution in [0, 0.1) is 5.92 Å². The van der Waals surface area contributed by atoms with E-state index in [9.17, 15) is 0 Å². The summed E-state index contributed by atoms with van der Waals surface area (Å²) < 4.78 is 0. The topological polar surface area (TPSA) is 24.4 Å². The largest absolute Gasteiger partial charge is 0.317 e. The second-order valence-corrected chi connectivity index (χ2v) is 4.81. The Balaban J connectivity index is 1.75. The molecule has 17 heavy (non-hydrogen) atoms. The molecule has 1 saturated heterocycles. The summed E-state index contributed by atoms with van der Waals surface area (Å²) in [5.41, 5.74) is 3.95. The van der Waals surface area contributed by atoms with Gasteiger partial charge in [-0.15, -0.1) is 0 Å². The third kappa shape index (κ3) is 2.32. The van der Waals surface area contributed by atoms with E-state index >= 15 is 0 Å². The lowest BCUT2D eigenvalue weighted by Crippen LogP contribution is -2.28. The number of hydrogen-bond acceptors (Lipinski definition) is 2. The molecular weight excluding hydrogens is 208 g/mol. The molecule has 0 aliphatic carbocycles. The normalized spacial score (nSPS) is 21.2. The predicted octanol–water partition coefficient (Wildman–Crippen LogP) is 2.42. The van der Waals surface area contributed by atoms with Crippen LogP contribution in [0.2, 0.25) is 0 Å². The van der Waals surface area contributed by atoms with Gasteiger partial charge in [0.1, 0.15) is 0 Å². The van der Waals surface area contributed by atoms with Crippen molar-refractivity contribution >= 4 is 5.71 Å². The van der Waals surface area contributed by atoms with Crippen molar-refractivity contribution < 1.29 is 0 Å². The molecular formula is C15H18N2. The van der Waals surface area contributed by atoms with Crippen molar-refractivity contribution in [3.63, 3.8) is 0 Å². The van der Waals surface area contributed by atoms with E-state index in [-0.39, 0.29) is 0 Å². The first-order valence-corrected chi connectivity index (χ1v) is 6.44. The Bertz CT molecular complexity index is 439. The van der Waals surface area contributed by atoms with Crippen molar-refractivity contribution in [2.24, 2.45) is 10.9 Å². The summed E-state index contributed by atoms with van der Waals surface area (Å²) in [6, 6.07) is 10.5. The van der Waals surface area contributed by atoms with E-state index in [0.29, 0.717) is 0 Å². The van der Waals surface area contributed by atoms with Gasteiger partial charge in [0.05, 0.1) is 12.3 Å². The van der Waals surface area contributed by atoms with Gasteiger partial charge >= 0.3 is 0 Å². The first kappa shape index (κ1) is 10.7. The number of benzene rings is 1. The summed E-state index contributed by atoms with van der Waals surface area (Å²) in [5.74, 6) is 0.751. The molecule has 0 amide bonds. The van der Waals surface area contributed by atoms with Crippen LogP contribution in [0.4, 0.5) is 0 Å². The van der Waals surface area contributed by atoms with Crippen LogP contribution < -0.4 is 5.32 Å². The number of allylic oxidation sites excluding steroid dienone is 1. The molecule has 1 fully saturated rings. The van der Waals surface area contributed by atoms with E-state index in [1.165, 1.54) is 29.7 Å². The number of rotatable bonds is 2. The predicted molar refractivity (Wildman–Crippen MR) is 71.5 cm³/mol. The van der Waals surface area contributed by atoms with Crippen molar-refractivity contribution in [3.05, 3.63) is 47.5 Å². The second-order valence-electron chi connectivity index (χ2n) is 4.81. The van der Waals surface area contributed by atoms with Crippen LogP contribution in [-0.2, 0) is 0 Å². The molecule has 2 aliphatic rings. The summed E-state index contributed by atoms with van der Waals surface area (Å²) in [5, 5.41) is 3.42. The lowest BCUT2D eigenvalue weighted by Gasteiger charge is -2.23. The molecule has 0 saturated carbocycles. The molecule has 0 radical (unpaired) electrons. The molecule has 3 rings (SSSR count). The number of aliphatic imine (C=N–C) groups is 1. The number of nitrogens with one attached hydrogen (secondary N) is 1. The summed E-state index contributed by atoms with van der Waals surface area (Å²) in [7, 11) is 0. The summed E-state index contributed by atoms with van der Waals surface area (Å²) in [6.45, 7) is 3.22. The molecule has 2 heteroatoms. The summed E-state index contributed by atoms with van der Waals surface area (Å²) >= 11 is 0. The molecule has 1 aromatic rings. The highest BCUT2D eigenvalue weighted by Crippen LogP contribution is 2.25. The monoisotopic (exact) mass is 226 g/mol. The van der Waals surface area contributed by atoms with E-state index in [1.807, 2.05) is 0 Å². The average molecular weight is 226 g/mol. The van der Waals surface area contributed by atoms with E-state index in [1.54, 1.807) is 0 Å². The van der Waals surface area contributed by atoms with E-state index in [4.69, 9.17) is 0 Å². The van der Waals surface area contributed by atoms with Gasteiger partial charge in [0, 0.05) is 0 Å². The number of piperidine rings is 1. The maximum atomic E-state index is 4.67. The van der Waals surface area contributed by atoms with Crippen molar-refractivity contribution in [1.29, 1.82) is 0 Å². The van der Waals surface area contributed by atoms with Crippen molar-refractivity contribution in [3.8, 4) is 0 Å². The maximum Gasteiger partial charge on any atom is 0.0650 e. The van der Waals surface area contributed by atoms with Gasteiger partial charge < -0.3 is 5.32 Å². The Hall–Kier alpha value is -1.41. The van der Waals surface area contributed by atoms with E-state index in [2.05, 4.69) is 46.7 Å². The molecule has 0 bridgehead atoms. The fourth-order valence-corrected chi connectivity index (χ4v) is 2.67. The maximum absolute atomic E-state index is 4.67. The van der Waals surface area contributed by atoms with Gasteiger partial charge in [0.15, 0.2) is 0 Å². The average Bonchev–Trinajstić information content (AvgIpc) is 2.90. The van der Waals surface area contributed by atoms with Crippen molar-refractivity contribution in [1.82, 2.24) is 5.32 Å². The van der Waals surface area contributed by atoms with E-state index < -0.39 is 0 Å². The number of nitrogens with zero attached hydrogens (tertiary/aromatic N) is 1. The van der Waals surface area contributed by atoms with Gasteiger partial charge in [-0.1, -0.05) is 30.3 Å². The fraction of sp³-hybridized carbons (Fsp3) is 0.400. The van der Waals surface area contributed by atoms with Gasteiger partial charge in [-0.25, -0.2) is 0 Å². The van der Waals surface area contributed by atoms with Crippen LogP contribution in [-0.4, -0.2) is 25.3 Å². The fourth-order valence-electron chi connectivity index (χ4n) is 2.67. The van der Waals surface area contributed by atoms with Crippen LogP contribution in [0.25, 0.3) is 0 Å². The SMILES string of the molecule is C1=C(C2CCNCC2)CN=C1c1ccccc1. The minimum absolute atomic E-state index is 0.751. The standard InChI is InChI=1S/C15H18N2/c1-2-4-13(5-3-1)15-10-14(11-17-15)12-6-8-16-9-7-12/h1-5,10,12,16H,6-9,11H2. The Morgan fingerprint density at radius 1 is 1.06 bits per heavy atom. The molecule has 0 spiro atoms. The first-order valence-electron chi connectivity index (χ1n) is 6.44. The van der Waals surface area contributed by atoms with Crippen LogP contribution in [0.1, 0.15) is 18.4 Å². The van der Waals surface area contributed by atoms with Crippen molar-refractivity contribution in [2.75, 3.05) is 19.6 Å². The molecule has 2 aliphatic heterocycles. The molecule has 1 aromatic carbocycles. The Kier molecular flexibility index (Phi) is 3.06. The van der Waals surface area contributed by atoms with Gasteiger partial charge in [-0.3, -0.25) is 4.99 Å². The third-order valence-corrected chi connectivity index (χ3v) is 3.69. The van der Waals surface area contributed by atoms with Crippen LogP contribution in [0.15, 0.2) is 47.0 Å². The minimum Gasteiger partial charge on any atom is -0.317 e. The molecule has 2 nitrogen and oxygen atoms in total. The molecule has 0 unspecified atom stereocenters. The molecule has 0 atom stereocenters. The number of hydrogen-bond donors (Lipinski definition) is 1. The first-order chi connectivity index (χ1) is 8.43. The summed E-state index contributed by atoms with van der Waals surface area (Å²) in [6.07, 6.45) is 4.85. The molecule has 0 aromatic heterocycles. The van der Waals surface area contributed by atoms with Gasteiger partial charge in [0.25, 0.3) is 0 Å². The Labute approximate surface area is 102 Å². The van der Waals surface area contributed by atoms with Gasteiger partial charge in [-0.2, -0.15) is 0 Å². The highest BCUT2D eigenvalue weighted by molar-refractivity contribution is 6.10. The Morgan fingerprint density at radius 3 is 2.59 bits per heavy atom. The minimum atomic E-state index is 0.751. The van der Waals surface area contributed by atoms with Crippen LogP contribution in [0.5, 0.6) is 0 Å². The highest BCUT2D eigenvalue weighted by Gasteiger charge is 2.20. The molecule has 2 heterocycles. The van der Waals surface area contributed by atoms with Crippen LogP contribution in [0.3, 0.4) is 0 Å². The quantitative estimate of drug-likeness (QED) is 0.823. The zero-order valence-electron chi connectivity index (χ0n) is 10.0. The Morgan fingerprint density at radius 2 is 1.82 bits per heavy atom. The zero-order chi connectivity index (χ0) is 11.5. The zero-order valence-corrected chi connectivity index (χ0v) is 10.0. The van der Waals surface area contributed by atoms with E-state index in [0.717, 1.165) is 25.6 Å². The second kappa shape index (κ2) is 4.84. The molecule has 88 valence electrons. The highest BCUT2D eigenvalue weighted by atomic mass is 14.9. The van der Waals surface area contributed by atoms with Crippen molar-refractivity contribution in [2.45, 2.75) is 12.8 Å². The van der Waals surface area contributed by atoms with Crippen LogP contribution >= 0.6 is 0 Å². The smallest absolute Gasteiger partial charge is 0.0650 e. The third-order valence-electron chi connectivity index (χ3n) is 3.69. The van der Waals surface area contributed by atoms with Gasteiger partial charge in [-0.05, 0) is 49.1 Å². The van der Waals surface area contributed by atoms with Gasteiger partial charge in [0.2, 0.25) is 0 Å². The molecule has 1 N–H and O–H groups in total.